The number of hydrogen-bond acceptors (Lipinski definition) is 3. The molecule has 0 bridgehead atoms. The number of carbonyl (C=O) groups is 2. The van der Waals surface area contributed by atoms with E-state index in [1.807, 2.05) is 6.92 Å². The van der Waals surface area contributed by atoms with Gasteiger partial charge in [-0.3, -0.25) is 9.59 Å². The molecule has 0 heterocycles. The van der Waals surface area contributed by atoms with E-state index in [2.05, 4.69) is 5.32 Å². The van der Waals surface area contributed by atoms with Gasteiger partial charge in [-0.15, -0.1) is 0 Å². The smallest absolute Gasteiger partial charge is 0.308 e. The molecule has 0 fully saturated rings. The van der Waals surface area contributed by atoms with Crippen molar-refractivity contribution in [1.82, 2.24) is 5.32 Å². The summed E-state index contributed by atoms with van der Waals surface area (Å²) in [5.74, 6) is -1.58. The van der Waals surface area contributed by atoms with E-state index < -0.39 is 17.3 Å². The van der Waals surface area contributed by atoms with Gasteiger partial charge in [0.1, 0.15) is 0 Å². The van der Waals surface area contributed by atoms with Gasteiger partial charge in [0.15, 0.2) is 0 Å². The number of aliphatic carboxylic acids is 1. The minimum atomic E-state index is -0.881. The average molecular weight is 230 g/mol. The zero-order valence-electron chi connectivity index (χ0n) is 10.2. The fraction of sp³-hybridized carbons (Fsp3) is 0.818. The van der Waals surface area contributed by atoms with Crippen molar-refractivity contribution >= 4 is 11.9 Å². The molecule has 94 valence electrons. The monoisotopic (exact) mass is 230 g/mol. The van der Waals surface area contributed by atoms with E-state index in [-0.39, 0.29) is 19.0 Å². The molecule has 2 atom stereocenters. The fourth-order valence-electron chi connectivity index (χ4n) is 1.23. The highest BCUT2D eigenvalue weighted by Crippen LogP contribution is 2.19. The normalized spacial score (nSPS) is 16.2. The summed E-state index contributed by atoms with van der Waals surface area (Å²) in [6.45, 7) is 5.89. The lowest BCUT2D eigenvalue weighted by Gasteiger charge is -2.25. The third kappa shape index (κ3) is 3.81. The van der Waals surface area contributed by atoms with Crippen LogP contribution in [0.1, 0.15) is 33.6 Å². The molecule has 0 aliphatic rings. The van der Waals surface area contributed by atoms with Crippen LogP contribution in [0.4, 0.5) is 0 Å². The van der Waals surface area contributed by atoms with Crippen molar-refractivity contribution in [2.75, 3.05) is 13.1 Å². The summed E-state index contributed by atoms with van der Waals surface area (Å²) in [6, 6.07) is 0. The molecule has 0 aliphatic heterocycles. The molecule has 2 unspecified atom stereocenters. The topological polar surface area (TPSA) is 92.4 Å². The van der Waals surface area contributed by atoms with Gasteiger partial charge in [0.2, 0.25) is 5.91 Å². The molecule has 0 saturated heterocycles. The van der Waals surface area contributed by atoms with Crippen molar-refractivity contribution in [1.29, 1.82) is 0 Å². The highest BCUT2D eigenvalue weighted by Gasteiger charge is 2.30. The zero-order valence-corrected chi connectivity index (χ0v) is 10.2. The Hall–Kier alpha value is -1.10. The van der Waals surface area contributed by atoms with Crippen LogP contribution in [0.5, 0.6) is 0 Å². The lowest BCUT2D eigenvalue weighted by Crippen LogP contribution is -2.45. The number of amides is 1. The number of carboxylic acid groups (broad SMARTS) is 1. The first-order valence-electron chi connectivity index (χ1n) is 5.62. The minimum Gasteiger partial charge on any atom is -0.481 e. The Balaban J connectivity index is 4.30. The molecule has 0 aromatic heterocycles. The van der Waals surface area contributed by atoms with Crippen LogP contribution in [0.2, 0.25) is 0 Å². The van der Waals surface area contributed by atoms with E-state index in [1.54, 1.807) is 13.8 Å². The molecule has 1 amide bonds. The van der Waals surface area contributed by atoms with Gasteiger partial charge in [0.25, 0.3) is 0 Å². The van der Waals surface area contributed by atoms with Crippen molar-refractivity contribution in [3.05, 3.63) is 0 Å². The maximum absolute atomic E-state index is 11.8. The predicted octanol–water partition coefficient (Wildman–Crippen LogP) is 0.588. The molecule has 0 saturated carbocycles. The number of nitrogens with one attached hydrogen (secondary N) is 1. The SMILES string of the molecule is CCC(CNC(=O)C(C)(CC)CN)C(=O)O. The van der Waals surface area contributed by atoms with Crippen molar-refractivity contribution in [3.8, 4) is 0 Å². The zero-order chi connectivity index (χ0) is 12.8. The Kier molecular flexibility index (Phi) is 6.03. The van der Waals surface area contributed by atoms with Crippen LogP contribution >= 0.6 is 0 Å². The van der Waals surface area contributed by atoms with Crippen LogP contribution in [0.25, 0.3) is 0 Å². The Morgan fingerprint density at radius 2 is 2.00 bits per heavy atom. The Bertz CT molecular complexity index is 250. The van der Waals surface area contributed by atoms with Crippen LogP contribution in [-0.4, -0.2) is 30.1 Å². The van der Waals surface area contributed by atoms with Crippen LogP contribution in [0.3, 0.4) is 0 Å². The maximum Gasteiger partial charge on any atom is 0.308 e. The van der Waals surface area contributed by atoms with E-state index in [4.69, 9.17) is 10.8 Å². The molecule has 16 heavy (non-hydrogen) atoms. The molecule has 5 nitrogen and oxygen atoms in total. The van der Waals surface area contributed by atoms with Crippen molar-refractivity contribution in [3.63, 3.8) is 0 Å². The standard InChI is InChI=1S/C11H22N2O3/c1-4-8(9(14)15)6-13-10(16)11(3,5-2)7-12/h8H,4-7,12H2,1-3H3,(H,13,16)(H,14,15). The second kappa shape index (κ2) is 6.48. The number of carboxylic acids is 1. The van der Waals surface area contributed by atoms with Gasteiger partial charge < -0.3 is 16.2 Å². The summed E-state index contributed by atoms with van der Waals surface area (Å²) in [6.07, 6.45) is 1.14. The molecule has 0 aliphatic carbocycles. The number of rotatable bonds is 7. The fourth-order valence-corrected chi connectivity index (χ4v) is 1.23. The first kappa shape index (κ1) is 14.9. The highest BCUT2D eigenvalue weighted by atomic mass is 16.4. The third-order valence-electron chi connectivity index (χ3n) is 3.13. The van der Waals surface area contributed by atoms with Crippen molar-refractivity contribution in [2.45, 2.75) is 33.6 Å². The first-order valence-corrected chi connectivity index (χ1v) is 5.62. The summed E-state index contributed by atoms with van der Waals surface area (Å²) in [4.78, 5) is 22.5. The average Bonchev–Trinajstić information content (AvgIpc) is 2.28. The Labute approximate surface area is 96.4 Å². The second-order valence-electron chi connectivity index (χ2n) is 4.27. The van der Waals surface area contributed by atoms with Gasteiger partial charge >= 0.3 is 5.97 Å². The second-order valence-corrected chi connectivity index (χ2v) is 4.27. The molecular formula is C11H22N2O3. The van der Waals surface area contributed by atoms with Crippen LogP contribution < -0.4 is 11.1 Å². The predicted molar refractivity (Wildman–Crippen MR) is 61.9 cm³/mol. The van der Waals surface area contributed by atoms with Crippen LogP contribution in [0.15, 0.2) is 0 Å². The van der Waals surface area contributed by atoms with Gasteiger partial charge in [0, 0.05) is 13.1 Å². The van der Waals surface area contributed by atoms with Gasteiger partial charge in [-0.25, -0.2) is 0 Å². The molecule has 4 N–H and O–H groups in total. The first-order chi connectivity index (χ1) is 7.41. The van der Waals surface area contributed by atoms with E-state index in [1.165, 1.54) is 0 Å². The summed E-state index contributed by atoms with van der Waals surface area (Å²) in [5.41, 5.74) is 4.94. The van der Waals surface area contributed by atoms with E-state index in [0.717, 1.165) is 0 Å². The highest BCUT2D eigenvalue weighted by molar-refractivity contribution is 5.83. The molecule has 5 heteroatoms. The van der Waals surface area contributed by atoms with Gasteiger partial charge in [-0.2, -0.15) is 0 Å². The summed E-state index contributed by atoms with van der Waals surface area (Å²) < 4.78 is 0. The van der Waals surface area contributed by atoms with Gasteiger partial charge in [-0.1, -0.05) is 13.8 Å². The molecule has 0 spiro atoms. The quantitative estimate of drug-likeness (QED) is 0.596. The molecule has 0 rings (SSSR count). The molecule has 0 aromatic rings. The largest absolute Gasteiger partial charge is 0.481 e. The molecule has 0 radical (unpaired) electrons. The van der Waals surface area contributed by atoms with Crippen LogP contribution in [-0.2, 0) is 9.59 Å². The maximum atomic E-state index is 11.8. The van der Waals surface area contributed by atoms with Crippen LogP contribution in [0, 0.1) is 11.3 Å². The van der Waals surface area contributed by atoms with E-state index in [9.17, 15) is 9.59 Å². The minimum absolute atomic E-state index is 0.167. The third-order valence-corrected chi connectivity index (χ3v) is 3.13. The number of hydrogen-bond donors (Lipinski definition) is 3. The van der Waals surface area contributed by atoms with E-state index in [0.29, 0.717) is 12.8 Å². The summed E-state index contributed by atoms with van der Waals surface area (Å²) in [5, 5.41) is 11.5. The van der Waals surface area contributed by atoms with Gasteiger partial charge in [0.05, 0.1) is 11.3 Å². The summed E-state index contributed by atoms with van der Waals surface area (Å²) >= 11 is 0. The van der Waals surface area contributed by atoms with Crippen molar-refractivity contribution < 1.29 is 14.7 Å². The van der Waals surface area contributed by atoms with Crippen molar-refractivity contribution in [2.24, 2.45) is 17.1 Å². The molecule has 0 aromatic carbocycles. The lowest BCUT2D eigenvalue weighted by molar-refractivity contribution is -0.142. The summed E-state index contributed by atoms with van der Waals surface area (Å²) in [7, 11) is 0. The van der Waals surface area contributed by atoms with Gasteiger partial charge in [-0.05, 0) is 19.8 Å². The number of nitrogens with two attached hydrogens (primary N) is 1. The number of carbonyl (C=O) groups excluding carboxylic acids is 1. The lowest BCUT2D eigenvalue weighted by atomic mass is 9.86. The van der Waals surface area contributed by atoms with E-state index >= 15 is 0 Å². The Morgan fingerprint density at radius 1 is 1.44 bits per heavy atom. The molecular weight excluding hydrogens is 208 g/mol. The Morgan fingerprint density at radius 3 is 2.31 bits per heavy atom.